The first-order valence-electron chi connectivity index (χ1n) is 8.65. The average molecular weight is 430 g/mol. The van der Waals surface area contributed by atoms with Crippen molar-refractivity contribution in [2.24, 2.45) is 0 Å². The maximum atomic E-state index is 13.2. The van der Waals surface area contributed by atoms with Crippen molar-refractivity contribution >= 4 is 21.6 Å². The van der Waals surface area contributed by atoms with E-state index in [4.69, 9.17) is 4.74 Å². The summed E-state index contributed by atoms with van der Waals surface area (Å²) >= 11 is 3.41. The number of aliphatic hydroxyl groups excluding tert-OH is 1. The lowest BCUT2D eigenvalue weighted by Gasteiger charge is -2.24. The fourth-order valence-electron chi connectivity index (χ4n) is 2.91. The van der Waals surface area contributed by atoms with Crippen LogP contribution in [0.3, 0.4) is 0 Å². The molecular formula is C22H21BrFNO2. The summed E-state index contributed by atoms with van der Waals surface area (Å²) in [5.74, 6) is 0.490. The third kappa shape index (κ3) is 5.31. The topological polar surface area (TPSA) is 41.5 Å². The quantitative estimate of drug-likeness (QED) is 0.493. The standard InChI is InChI=1S/C22H21BrFNO2/c1-27-20-12-4-15(5-13-20)21(25-19-10-8-18(24)9-11-19)14-22(26)16-2-6-17(23)7-3-16/h2-13,21-22,25-26H,14H2,1H3. The molecule has 27 heavy (non-hydrogen) atoms. The zero-order chi connectivity index (χ0) is 19.2. The van der Waals surface area contributed by atoms with E-state index < -0.39 is 6.10 Å². The molecule has 140 valence electrons. The van der Waals surface area contributed by atoms with E-state index in [9.17, 15) is 9.50 Å². The molecule has 0 saturated heterocycles. The molecule has 2 atom stereocenters. The number of hydrogen-bond donors (Lipinski definition) is 2. The van der Waals surface area contributed by atoms with E-state index >= 15 is 0 Å². The Morgan fingerprint density at radius 2 is 1.52 bits per heavy atom. The molecule has 2 N–H and O–H groups in total. The van der Waals surface area contributed by atoms with Gasteiger partial charge in [-0.1, -0.05) is 40.2 Å². The highest BCUT2D eigenvalue weighted by Gasteiger charge is 2.18. The van der Waals surface area contributed by atoms with Gasteiger partial charge in [0.1, 0.15) is 11.6 Å². The number of anilines is 1. The third-order valence-corrected chi connectivity index (χ3v) is 4.95. The molecule has 0 aliphatic carbocycles. The van der Waals surface area contributed by atoms with Gasteiger partial charge in [-0.25, -0.2) is 4.39 Å². The Bertz CT molecular complexity index is 851. The van der Waals surface area contributed by atoms with Gasteiger partial charge < -0.3 is 15.2 Å². The second-order valence-electron chi connectivity index (χ2n) is 6.28. The molecule has 0 fully saturated rings. The summed E-state index contributed by atoms with van der Waals surface area (Å²) < 4.78 is 19.4. The number of aliphatic hydroxyl groups is 1. The van der Waals surface area contributed by atoms with Crippen molar-refractivity contribution in [1.29, 1.82) is 0 Å². The van der Waals surface area contributed by atoms with Gasteiger partial charge in [0, 0.05) is 16.6 Å². The summed E-state index contributed by atoms with van der Waals surface area (Å²) in [6.07, 6.45) is -0.177. The predicted octanol–water partition coefficient (Wildman–Crippen LogP) is 5.87. The zero-order valence-electron chi connectivity index (χ0n) is 14.9. The van der Waals surface area contributed by atoms with Crippen molar-refractivity contribution in [1.82, 2.24) is 0 Å². The van der Waals surface area contributed by atoms with Crippen molar-refractivity contribution < 1.29 is 14.2 Å². The molecule has 3 nitrogen and oxygen atoms in total. The van der Waals surface area contributed by atoms with Crippen LogP contribution >= 0.6 is 15.9 Å². The molecule has 3 rings (SSSR count). The molecule has 0 spiro atoms. The average Bonchev–Trinajstić information content (AvgIpc) is 2.69. The largest absolute Gasteiger partial charge is 0.497 e. The van der Waals surface area contributed by atoms with Gasteiger partial charge in [0.05, 0.1) is 19.3 Å². The SMILES string of the molecule is COc1ccc(C(CC(O)c2ccc(Br)cc2)Nc2ccc(F)cc2)cc1. The summed E-state index contributed by atoms with van der Waals surface area (Å²) in [7, 11) is 1.63. The molecule has 2 unspecified atom stereocenters. The van der Waals surface area contributed by atoms with E-state index in [-0.39, 0.29) is 11.9 Å². The van der Waals surface area contributed by atoms with Crippen LogP contribution in [0.15, 0.2) is 77.3 Å². The van der Waals surface area contributed by atoms with Crippen molar-refractivity contribution in [2.75, 3.05) is 12.4 Å². The minimum atomic E-state index is -0.641. The number of benzene rings is 3. The molecule has 0 bridgehead atoms. The molecular weight excluding hydrogens is 409 g/mol. The van der Waals surface area contributed by atoms with Gasteiger partial charge in [-0.05, 0) is 59.7 Å². The van der Waals surface area contributed by atoms with Gasteiger partial charge in [0.2, 0.25) is 0 Å². The monoisotopic (exact) mass is 429 g/mol. The van der Waals surface area contributed by atoms with Crippen LogP contribution in [-0.2, 0) is 0 Å². The van der Waals surface area contributed by atoms with Crippen LogP contribution in [0.2, 0.25) is 0 Å². The minimum absolute atomic E-state index is 0.153. The molecule has 0 aromatic heterocycles. The Labute approximate surface area is 166 Å². The molecule has 0 heterocycles. The molecule has 3 aromatic carbocycles. The van der Waals surface area contributed by atoms with Gasteiger partial charge in [-0.3, -0.25) is 0 Å². The molecule has 3 aromatic rings. The van der Waals surface area contributed by atoms with Crippen molar-refractivity contribution in [2.45, 2.75) is 18.6 Å². The maximum absolute atomic E-state index is 13.2. The third-order valence-electron chi connectivity index (χ3n) is 4.42. The number of halogens is 2. The van der Waals surface area contributed by atoms with Gasteiger partial charge >= 0.3 is 0 Å². The van der Waals surface area contributed by atoms with Gasteiger partial charge in [0.15, 0.2) is 0 Å². The zero-order valence-corrected chi connectivity index (χ0v) is 16.5. The van der Waals surface area contributed by atoms with Crippen LogP contribution in [-0.4, -0.2) is 12.2 Å². The van der Waals surface area contributed by atoms with E-state index in [1.54, 1.807) is 19.2 Å². The van der Waals surface area contributed by atoms with E-state index in [0.29, 0.717) is 6.42 Å². The highest BCUT2D eigenvalue weighted by atomic mass is 79.9. The molecule has 0 saturated carbocycles. The van der Waals surface area contributed by atoms with E-state index in [2.05, 4.69) is 21.2 Å². The predicted molar refractivity (Wildman–Crippen MR) is 109 cm³/mol. The molecule has 0 amide bonds. The summed E-state index contributed by atoms with van der Waals surface area (Å²) in [6, 6.07) is 21.4. The van der Waals surface area contributed by atoms with Gasteiger partial charge in [-0.15, -0.1) is 0 Å². The van der Waals surface area contributed by atoms with Crippen molar-refractivity contribution in [3.63, 3.8) is 0 Å². The number of methoxy groups -OCH3 is 1. The minimum Gasteiger partial charge on any atom is -0.497 e. The summed E-state index contributed by atoms with van der Waals surface area (Å²) in [4.78, 5) is 0. The van der Waals surface area contributed by atoms with E-state index in [1.165, 1.54) is 12.1 Å². The van der Waals surface area contributed by atoms with E-state index in [0.717, 1.165) is 27.0 Å². The molecule has 0 aliphatic rings. The van der Waals surface area contributed by atoms with Crippen LogP contribution < -0.4 is 10.1 Å². The first kappa shape index (κ1) is 19.4. The van der Waals surface area contributed by atoms with E-state index in [1.807, 2.05) is 48.5 Å². The Balaban J connectivity index is 1.83. The Kier molecular flexibility index (Phi) is 6.48. The fourth-order valence-corrected chi connectivity index (χ4v) is 3.17. The fraction of sp³-hybridized carbons (Fsp3) is 0.182. The Morgan fingerprint density at radius 1 is 0.926 bits per heavy atom. The number of rotatable bonds is 7. The Hall–Kier alpha value is -2.37. The van der Waals surface area contributed by atoms with Gasteiger partial charge in [-0.2, -0.15) is 0 Å². The molecule has 0 aliphatic heterocycles. The lowest BCUT2D eigenvalue weighted by molar-refractivity contribution is 0.160. The number of nitrogens with one attached hydrogen (secondary N) is 1. The Morgan fingerprint density at radius 3 is 2.11 bits per heavy atom. The number of ether oxygens (including phenoxy) is 1. The van der Waals surface area contributed by atoms with Crippen molar-refractivity contribution in [3.8, 4) is 5.75 Å². The summed E-state index contributed by atoms with van der Waals surface area (Å²) in [5.41, 5.74) is 2.65. The summed E-state index contributed by atoms with van der Waals surface area (Å²) in [5, 5.41) is 14.1. The first-order chi connectivity index (χ1) is 13.0. The van der Waals surface area contributed by atoms with Crippen LogP contribution in [0.1, 0.15) is 29.7 Å². The summed E-state index contributed by atoms with van der Waals surface area (Å²) in [6.45, 7) is 0. The number of hydrogen-bond acceptors (Lipinski definition) is 3. The van der Waals surface area contributed by atoms with Crippen LogP contribution in [0.4, 0.5) is 10.1 Å². The highest BCUT2D eigenvalue weighted by molar-refractivity contribution is 9.10. The highest BCUT2D eigenvalue weighted by Crippen LogP contribution is 2.31. The van der Waals surface area contributed by atoms with Gasteiger partial charge in [0.25, 0.3) is 0 Å². The molecule has 0 radical (unpaired) electrons. The second kappa shape index (κ2) is 9.02. The van der Waals surface area contributed by atoms with Crippen LogP contribution in [0, 0.1) is 5.82 Å². The smallest absolute Gasteiger partial charge is 0.123 e. The maximum Gasteiger partial charge on any atom is 0.123 e. The first-order valence-corrected chi connectivity index (χ1v) is 9.44. The normalized spacial score (nSPS) is 13.0. The molecule has 5 heteroatoms. The lowest BCUT2D eigenvalue weighted by atomic mass is 9.96. The second-order valence-corrected chi connectivity index (χ2v) is 7.20. The van der Waals surface area contributed by atoms with Crippen LogP contribution in [0.25, 0.3) is 0 Å². The van der Waals surface area contributed by atoms with Crippen molar-refractivity contribution in [3.05, 3.63) is 94.2 Å². The van der Waals surface area contributed by atoms with Crippen LogP contribution in [0.5, 0.6) is 5.75 Å². The lowest BCUT2D eigenvalue weighted by Crippen LogP contribution is -2.15.